The van der Waals surface area contributed by atoms with Crippen LogP contribution in [0, 0.1) is 11.6 Å². The summed E-state index contributed by atoms with van der Waals surface area (Å²) in [7, 11) is 3.64. The molecule has 0 atom stereocenters. The molecule has 1 rings (SSSR count). The molecule has 0 spiro atoms. The number of benzene rings is 1. The first-order valence-corrected chi connectivity index (χ1v) is 7.11. The Kier molecular flexibility index (Phi) is 7.34. The Labute approximate surface area is 134 Å². The number of likely N-dealkylation sites (N-methyl/N-ethyl adjacent to an activating group) is 1. The summed E-state index contributed by atoms with van der Waals surface area (Å²) in [4.78, 5) is 26.6. The Morgan fingerprint density at radius 3 is 2.39 bits per heavy atom. The van der Waals surface area contributed by atoms with Crippen LogP contribution < -0.4 is 4.90 Å². The Morgan fingerprint density at radius 2 is 1.83 bits per heavy atom. The molecule has 7 heteroatoms. The van der Waals surface area contributed by atoms with E-state index < -0.39 is 23.5 Å². The van der Waals surface area contributed by atoms with Gasteiger partial charge in [-0.05, 0) is 33.2 Å². The topological polar surface area (TPSA) is 49.9 Å². The second-order valence-electron chi connectivity index (χ2n) is 4.98. The summed E-state index contributed by atoms with van der Waals surface area (Å²) in [5, 5.41) is 0. The number of esters is 1. The van der Waals surface area contributed by atoms with Crippen LogP contribution in [0.2, 0.25) is 0 Å². The molecule has 0 saturated carbocycles. The van der Waals surface area contributed by atoms with Crippen molar-refractivity contribution in [2.75, 3.05) is 38.7 Å². The van der Waals surface area contributed by atoms with E-state index in [4.69, 9.17) is 4.74 Å². The monoisotopic (exact) mass is 326 g/mol. The lowest BCUT2D eigenvalue weighted by molar-refractivity contribution is -0.137. The van der Waals surface area contributed by atoms with Gasteiger partial charge in [0.2, 0.25) is 0 Å². The lowest BCUT2D eigenvalue weighted by Gasteiger charge is -2.23. The van der Waals surface area contributed by atoms with Gasteiger partial charge in [-0.25, -0.2) is 13.6 Å². The number of nitrogens with zero attached hydrogens (tertiary/aromatic N) is 2. The van der Waals surface area contributed by atoms with Gasteiger partial charge in [0, 0.05) is 37.0 Å². The second kappa shape index (κ2) is 8.99. The summed E-state index contributed by atoms with van der Waals surface area (Å²) in [5.41, 5.74) is 0.212. The van der Waals surface area contributed by atoms with Gasteiger partial charge in [0.15, 0.2) is 11.6 Å². The van der Waals surface area contributed by atoms with Gasteiger partial charge in [0.25, 0.3) is 5.91 Å². The highest BCUT2D eigenvalue weighted by molar-refractivity contribution is 6.04. The maximum absolute atomic E-state index is 13.4. The van der Waals surface area contributed by atoms with Gasteiger partial charge in [-0.3, -0.25) is 4.79 Å². The Hall–Kier alpha value is -2.28. The zero-order chi connectivity index (χ0) is 17.4. The highest BCUT2D eigenvalue weighted by Gasteiger charge is 2.16. The van der Waals surface area contributed by atoms with E-state index >= 15 is 0 Å². The van der Waals surface area contributed by atoms with E-state index in [-0.39, 0.29) is 18.8 Å². The summed E-state index contributed by atoms with van der Waals surface area (Å²) >= 11 is 0. The van der Waals surface area contributed by atoms with Crippen LogP contribution in [0.5, 0.6) is 0 Å². The molecular formula is C16H20F2N2O3. The summed E-state index contributed by atoms with van der Waals surface area (Å²) in [5.74, 6) is -3.19. The summed E-state index contributed by atoms with van der Waals surface area (Å²) < 4.78 is 31.2. The van der Waals surface area contributed by atoms with Crippen molar-refractivity contribution >= 4 is 17.6 Å². The number of rotatable bonds is 7. The summed E-state index contributed by atoms with van der Waals surface area (Å²) in [6.07, 6.45) is 2.06. The van der Waals surface area contributed by atoms with Crippen molar-refractivity contribution in [1.29, 1.82) is 0 Å². The van der Waals surface area contributed by atoms with E-state index in [9.17, 15) is 18.4 Å². The van der Waals surface area contributed by atoms with Crippen molar-refractivity contribution in [1.82, 2.24) is 4.90 Å². The van der Waals surface area contributed by atoms with Gasteiger partial charge >= 0.3 is 5.97 Å². The molecule has 0 N–H and O–H groups in total. The number of ether oxygens (including phenoxy) is 1. The van der Waals surface area contributed by atoms with Crippen molar-refractivity contribution in [2.24, 2.45) is 0 Å². The predicted molar refractivity (Wildman–Crippen MR) is 83.0 cm³/mol. The van der Waals surface area contributed by atoms with E-state index in [0.717, 1.165) is 24.3 Å². The van der Waals surface area contributed by atoms with Crippen molar-refractivity contribution in [3.63, 3.8) is 0 Å². The fourth-order valence-corrected chi connectivity index (χ4v) is 1.74. The molecule has 0 radical (unpaired) electrons. The molecule has 0 saturated heterocycles. The molecule has 0 heterocycles. The summed E-state index contributed by atoms with van der Waals surface area (Å²) in [6.45, 7) is 2.62. The Bertz CT molecular complexity index is 589. The number of hydrogen-bond acceptors (Lipinski definition) is 4. The number of amides is 1. The van der Waals surface area contributed by atoms with Crippen LogP contribution in [-0.4, -0.2) is 50.6 Å². The highest BCUT2D eigenvalue weighted by Crippen LogP contribution is 2.18. The Morgan fingerprint density at radius 1 is 1.13 bits per heavy atom. The van der Waals surface area contributed by atoms with E-state index in [2.05, 4.69) is 0 Å². The highest BCUT2D eigenvalue weighted by atomic mass is 19.2. The molecule has 5 nitrogen and oxygen atoms in total. The van der Waals surface area contributed by atoms with E-state index in [1.54, 1.807) is 6.92 Å². The number of anilines is 1. The molecule has 1 aromatic carbocycles. The molecule has 0 bridgehead atoms. The number of carbonyl (C=O) groups is 2. The minimum atomic E-state index is -1.04. The minimum Gasteiger partial charge on any atom is -0.463 e. The second-order valence-corrected chi connectivity index (χ2v) is 4.98. The quantitative estimate of drug-likeness (QED) is 0.568. The van der Waals surface area contributed by atoms with Crippen LogP contribution in [0.4, 0.5) is 14.5 Å². The van der Waals surface area contributed by atoms with Gasteiger partial charge in [-0.15, -0.1) is 0 Å². The molecule has 0 unspecified atom stereocenters. The van der Waals surface area contributed by atoms with Crippen LogP contribution in [-0.2, 0) is 14.3 Å². The maximum Gasteiger partial charge on any atom is 0.330 e. The minimum absolute atomic E-state index is 0.199. The van der Waals surface area contributed by atoms with Gasteiger partial charge in [0.1, 0.15) is 0 Å². The number of carbonyl (C=O) groups excluding carboxylic acids is 2. The molecule has 0 aliphatic heterocycles. The van der Waals surface area contributed by atoms with Crippen LogP contribution in [0.15, 0.2) is 30.4 Å². The normalized spacial score (nSPS) is 11.0. The van der Waals surface area contributed by atoms with Crippen molar-refractivity contribution < 1.29 is 23.1 Å². The van der Waals surface area contributed by atoms with Crippen molar-refractivity contribution in [3.8, 4) is 0 Å². The maximum atomic E-state index is 13.4. The molecular weight excluding hydrogens is 306 g/mol. The van der Waals surface area contributed by atoms with Crippen LogP contribution in [0.3, 0.4) is 0 Å². The van der Waals surface area contributed by atoms with Gasteiger partial charge in [-0.1, -0.05) is 0 Å². The first-order chi connectivity index (χ1) is 10.8. The molecule has 0 aliphatic rings. The fraction of sp³-hybridized carbons (Fsp3) is 0.375. The average molecular weight is 326 g/mol. The SMILES string of the molecule is CCOC(=O)/C=C/C(=O)N(CCN(C)C)c1ccc(F)c(F)c1. The molecule has 23 heavy (non-hydrogen) atoms. The fourth-order valence-electron chi connectivity index (χ4n) is 1.74. The molecule has 0 aliphatic carbocycles. The molecule has 1 amide bonds. The smallest absolute Gasteiger partial charge is 0.330 e. The third-order valence-corrected chi connectivity index (χ3v) is 2.90. The first kappa shape index (κ1) is 18.8. The zero-order valence-corrected chi connectivity index (χ0v) is 13.4. The molecule has 0 fully saturated rings. The predicted octanol–water partition coefficient (Wildman–Crippen LogP) is 1.98. The lowest BCUT2D eigenvalue weighted by Crippen LogP contribution is -2.36. The zero-order valence-electron chi connectivity index (χ0n) is 13.4. The van der Waals surface area contributed by atoms with Crippen molar-refractivity contribution in [2.45, 2.75) is 6.92 Å². The summed E-state index contributed by atoms with van der Waals surface area (Å²) in [6, 6.07) is 3.21. The van der Waals surface area contributed by atoms with E-state index in [1.807, 2.05) is 19.0 Å². The number of hydrogen-bond donors (Lipinski definition) is 0. The average Bonchev–Trinajstić information content (AvgIpc) is 2.49. The van der Waals surface area contributed by atoms with Crippen LogP contribution >= 0.6 is 0 Å². The van der Waals surface area contributed by atoms with Gasteiger partial charge in [-0.2, -0.15) is 0 Å². The standard InChI is InChI=1S/C16H20F2N2O3/c1-4-23-16(22)8-7-15(21)20(10-9-19(2)3)12-5-6-13(17)14(18)11-12/h5-8,11H,4,9-10H2,1-3H3/b8-7+. The van der Waals surface area contributed by atoms with Gasteiger partial charge < -0.3 is 14.5 Å². The number of halogens is 2. The largest absolute Gasteiger partial charge is 0.463 e. The van der Waals surface area contributed by atoms with Crippen LogP contribution in [0.25, 0.3) is 0 Å². The van der Waals surface area contributed by atoms with E-state index in [0.29, 0.717) is 6.54 Å². The van der Waals surface area contributed by atoms with E-state index in [1.165, 1.54) is 11.0 Å². The molecule has 126 valence electrons. The third-order valence-electron chi connectivity index (χ3n) is 2.90. The molecule has 1 aromatic rings. The Balaban J connectivity index is 2.97. The third kappa shape index (κ3) is 6.15. The first-order valence-electron chi connectivity index (χ1n) is 7.11. The van der Waals surface area contributed by atoms with Crippen LogP contribution in [0.1, 0.15) is 6.92 Å². The lowest BCUT2D eigenvalue weighted by atomic mass is 10.2. The van der Waals surface area contributed by atoms with Gasteiger partial charge in [0.05, 0.1) is 6.61 Å². The molecule has 0 aromatic heterocycles. The van der Waals surface area contributed by atoms with Crippen molar-refractivity contribution in [3.05, 3.63) is 42.0 Å².